The first-order chi connectivity index (χ1) is 20.9. The molecule has 0 saturated heterocycles. The van der Waals surface area contributed by atoms with E-state index in [1.165, 1.54) is 34.9 Å². The highest BCUT2D eigenvalue weighted by molar-refractivity contribution is 8.29. The van der Waals surface area contributed by atoms with Gasteiger partial charge in [0.25, 0.3) is 0 Å². The number of carbonyl (C=O) groups excluding carboxylic acids is 1. The third kappa shape index (κ3) is 9.59. The summed E-state index contributed by atoms with van der Waals surface area (Å²) in [6, 6.07) is 14.1. The molecule has 0 saturated carbocycles. The van der Waals surface area contributed by atoms with Gasteiger partial charge >= 0.3 is 0 Å². The molecular weight excluding hydrogens is 597 g/mol. The number of hydrogen-bond donors (Lipinski definition) is 0. The number of nitrogens with zero attached hydrogens (tertiary/aromatic N) is 2. The van der Waals surface area contributed by atoms with Gasteiger partial charge in [-0.2, -0.15) is 4.91 Å². The Hall–Kier alpha value is -2.35. The van der Waals surface area contributed by atoms with Gasteiger partial charge in [-0.05, 0) is 85.3 Å². The molecule has 0 amide bonds. The highest BCUT2D eigenvalue weighted by Gasteiger charge is 2.36. The van der Waals surface area contributed by atoms with E-state index in [0.717, 1.165) is 48.2 Å². The number of aromatic nitrogens is 1. The summed E-state index contributed by atoms with van der Waals surface area (Å²) in [5.74, 6) is 0. The zero-order chi connectivity index (χ0) is 34.2. The largest absolute Gasteiger partial charge is 0.333 e. The number of rotatable bonds is 12. The molecule has 1 unspecified atom stereocenters. The number of aryl methyl sites for hydroxylation is 3. The van der Waals surface area contributed by atoms with Gasteiger partial charge in [0, 0.05) is 27.5 Å². The van der Waals surface area contributed by atoms with Crippen LogP contribution in [0.15, 0.2) is 47.0 Å². The van der Waals surface area contributed by atoms with Crippen molar-refractivity contribution < 1.29 is 8.98 Å². The molecule has 1 heterocycles. The predicted molar refractivity (Wildman–Crippen MR) is 198 cm³/mol. The standard InChI is InChI=1S/C37H55NO2S2.CH3NO/c1-13-37(14-2,30-18-19-32(27(4)24-30)34-38-31(21-22-39)25-41-34)29-17-15-28(26(3)23-29)16-20-33(35(5,6)7)40-42(11,12)36(8,9)10;1-2-3/h15,17-19,22-25,33H,13-14,16,20-21H2,1-12H3;1H3. The molecule has 3 aromatic rings. The van der Waals surface area contributed by atoms with E-state index in [9.17, 15) is 4.79 Å². The zero-order valence-electron chi connectivity index (χ0n) is 30.2. The van der Waals surface area contributed by atoms with Gasteiger partial charge in [0.05, 0.1) is 18.8 Å². The van der Waals surface area contributed by atoms with E-state index in [1.807, 2.05) is 5.38 Å². The molecule has 45 heavy (non-hydrogen) atoms. The number of nitroso groups, excluding NO2 is 1. The van der Waals surface area contributed by atoms with E-state index in [4.69, 9.17) is 14.1 Å². The molecule has 0 aliphatic carbocycles. The Morgan fingerprint density at radius 3 is 1.98 bits per heavy atom. The third-order valence-corrected chi connectivity index (χ3v) is 14.0. The summed E-state index contributed by atoms with van der Waals surface area (Å²) < 4.78 is 7.08. The molecule has 2 aromatic carbocycles. The van der Waals surface area contributed by atoms with E-state index in [-0.39, 0.29) is 21.7 Å². The van der Waals surface area contributed by atoms with Crippen molar-refractivity contribution in [2.45, 2.75) is 118 Å². The number of benzene rings is 2. The lowest BCUT2D eigenvalue weighted by atomic mass is 9.69. The maximum Gasteiger partial charge on any atom is 0.125 e. The van der Waals surface area contributed by atoms with Crippen LogP contribution in [0.3, 0.4) is 0 Å². The Labute approximate surface area is 279 Å². The lowest BCUT2D eigenvalue weighted by Crippen LogP contribution is -2.35. The fourth-order valence-corrected chi connectivity index (χ4v) is 7.84. The van der Waals surface area contributed by atoms with Crippen molar-refractivity contribution in [3.63, 3.8) is 0 Å². The average Bonchev–Trinajstić information content (AvgIpc) is 3.40. The third-order valence-electron chi connectivity index (χ3n) is 9.43. The minimum Gasteiger partial charge on any atom is -0.333 e. The Balaban J connectivity index is 0.00000226. The summed E-state index contributed by atoms with van der Waals surface area (Å²) in [4.78, 5) is 24.2. The minimum atomic E-state index is -1.20. The van der Waals surface area contributed by atoms with Crippen LogP contribution in [-0.2, 0) is 27.2 Å². The second-order valence-electron chi connectivity index (χ2n) is 14.5. The van der Waals surface area contributed by atoms with Gasteiger partial charge in [-0.3, -0.25) is 0 Å². The molecular formula is C38H58N2O3S2. The Morgan fingerprint density at radius 1 is 0.956 bits per heavy atom. The number of carbonyl (C=O) groups is 1. The van der Waals surface area contributed by atoms with E-state index in [0.29, 0.717) is 6.42 Å². The molecule has 0 aliphatic rings. The summed E-state index contributed by atoms with van der Waals surface area (Å²) in [5.41, 5.74) is 8.81. The Bertz CT molecular complexity index is 1410. The van der Waals surface area contributed by atoms with Crippen LogP contribution >= 0.6 is 21.6 Å². The Morgan fingerprint density at radius 2 is 1.51 bits per heavy atom. The molecule has 0 fully saturated rings. The van der Waals surface area contributed by atoms with Crippen molar-refractivity contribution in [3.8, 4) is 10.6 Å². The summed E-state index contributed by atoms with van der Waals surface area (Å²) >= 11 is 1.62. The first kappa shape index (κ1) is 38.8. The van der Waals surface area contributed by atoms with Gasteiger partial charge in [-0.25, -0.2) is 4.98 Å². The minimum absolute atomic E-state index is 0.0463. The van der Waals surface area contributed by atoms with Crippen molar-refractivity contribution in [2.24, 2.45) is 10.6 Å². The van der Waals surface area contributed by atoms with E-state index < -0.39 is 10.3 Å². The van der Waals surface area contributed by atoms with Crippen LogP contribution in [0.1, 0.15) is 108 Å². The highest BCUT2D eigenvalue weighted by atomic mass is 32.3. The van der Waals surface area contributed by atoms with Crippen molar-refractivity contribution in [2.75, 3.05) is 19.6 Å². The molecule has 250 valence electrons. The van der Waals surface area contributed by atoms with Crippen molar-refractivity contribution >= 4 is 27.9 Å². The van der Waals surface area contributed by atoms with E-state index in [2.05, 4.69) is 123 Å². The first-order valence-corrected chi connectivity index (χ1v) is 19.4. The quantitative estimate of drug-likeness (QED) is 0.144. The molecule has 0 spiro atoms. The van der Waals surface area contributed by atoms with Crippen molar-refractivity contribution in [1.29, 1.82) is 0 Å². The monoisotopic (exact) mass is 654 g/mol. The predicted octanol–water partition coefficient (Wildman–Crippen LogP) is 10.8. The fraction of sp³-hybridized carbons (Fsp3) is 0.579. The number of thiazole rings is 1. The lowest BCUT2D eigenvalue weighted by molar-refractivity contribution is -0.107. The normalized spacial score (nSPS) is 13.5. The second kappa shape index (κ2) is 16.0. The van der Waals surface area contributed by atoms with Crippen molar-refractivity contribution in [3.05, 3.63) is 80.2 Å². The summed E-state index contributed by atoms with van der Waals surface area (Å²) in [6.07, 6.45) is 10.2. The van der Waals surface area contributed by atoms with Crippen LogP contribution in [0.25, 0.3) is 10.6 Å². The van der Waals surface area contributed by atoms with Gasteiger partial charge in [-0.1, -0.05) is 97.0 Å². The molecule has 5 nitrogen and oxygen atoms in total. The van der Waals surface area contributed by atoms with Crippen molar-refractivity contribution in [1.82, 2.24) is 4.98 Å². The van der Waals surface area contributed by atoms with Crippen LogP contribution < -0.4 is 0 Å². The van der Waals surface area contributed by atoms with Gasteiger partial charge < -0.3 is 8.98 Å². The van der Waals surface area contributed by atoms with E-state index in [1.54, 1.807) is 11.3 Å². The molecule has 7 heteroatoms. The van der Waals surface area contributed by atoms with Crippen LogP contribution in [-0.4, -0.2) is 41.7 Å². The first-order valence-electron chi connectivity index (χ1n) is 16.1. The van der Waals surface area contributed by atoms with Gasteiger partial charge in [-0.15, -0.1) is 21.6 Å². The fourth-order valence-electron chi connectivity index (χ4n) is 5.67. The van der Waals surface area contributed by atoms with Gasteiger partial charge in [0.2, 0.25) is 0 Å². The summed E-state index contributed by atoms with van der Waals surface area (Å²) in [6.45, 7) is 22.9. The average molecular weight is 655 g/mol. The molecule has 1 aromatic heterocycles. The lowest BCUT2D eigenvalue weighted by Gasteiger charge is -2.48. The Kier molecular flexibility index (Phi) is 13.8. The topological polar surface area (TPSA) is 68.6 Å². The van der Waals surface area contributed by atoms with Crippen LogP contribution in [0.5, 0.6) is 0 Å². The zero-order valence-corrected chi connectivity index (χ0v) is 31.8. The maximum absolute atomic E-state index is 10.9. The summed E-state index contributed by atoms with van der Waals surface area (Å²) in [5, 5.41) is 5.23. The highest BCUT2D eigenvalue weighted by Crippen LogP contribution is 2.56. The molecule has 0 N–H and O–H groups in total. The molecule has 3 rings (SSSR count). The summed E-state index contributed by atoms with van der Waals surface area (Å²) in [7, 11) is -0.00692. The molecule has 0 bridgehead atoms. The van der Waals surface area contributed by atoms with Crippen LogP contribution in [0.2, 0.25) is 0 Å². The molecule has 0 aliphatic heterocycles. The van der Waals surface area contributed by atoms with Crippen LogP contribution in [0, 0.1) is 24.2 Å². The maximum atomic E-state index is 10.9. The number of hydrogen-bond acceptors (Lipinski definition) is 6. The number of aldehydes is 1. The smallest absolute Gasteiger partial charge is 0.125 e. The second-order valence-corrected chi connectivity index (χ2v) is 19.2. The van der Waals surface area contributed by atoms with E-state index >= 15 is 0 Å². The van der Waals surface area contributed by atoms with Gasteiger partial charge in [0.1, 0.15) is 11.3 Å². The molecule has 1 atom stereocenters. The van der Waals surface area contributed by atoms with Crippen LogP contribution in [0.4, 0.5) is 0 Å². The molecule has 0 radical (unpaired) electrons. The SMILES string of the molecule is CCC(CC)(c1ccc(CCC(OS(C)(C)C(C)(C)C)C(C)(C)C)c(C)c1)c1ccc(-c2nc(CC=O)cs2)c(C)c1.CN=O. The van der Waals surface area contributed by atoms with Gasteiger partial charge in [0.15, 0.2) is 0 Å².